The van der Waals surface area contributed by atoms with Crippen LogP contribution in [0.1, 0.15) is 51.0 Å². The van der Waals surface area contributed by atoms with Crippen molar-refractivity contribution >= 4 is 21.4 Å². The maximum Gasteiger partial charge on any atom is 0.123 e. The number of hydrogen-bond acceptors (Lipinski definition) is 2. The molecule has 1 aromatic heterocycles. The number of benzene rings is 1. The molecule has 1 atom stereocenters. The normalized spacial score (nSPS) is 13.2. The molecule has 0 spiro atoms. The Morgan fingerprint density at radius 2 is 1.90 bits per heavy atom. The number of nitrogens with one attached hydrogen (secondary N) is 1. The highest BCUT2D eigenvalue weighted by Crippen LogP contribution is 2.35. The van der Waals surface area contributed by atoms with Crippen LogP contribution in [0.15, 0.2) is 24.3 Å². The van der Waals surface area contributed by atoms with Gasteiger partial charge in [0.25, 0.3) is 0 Å². The molecule has 0 radical (unpaired) electrons. The van der Waals surface area contributed by atoms with Crippen LogP contribution in [-0.4, -0.2) is 6.54 Å². The number of fused-ring (bicyclic) bond motifs is 1. The van der Waals surface area contributed by atoms with Crippen molar-refractivity contribution in [1.29, 1.82) is 0 Å². The molecule has 1 unspecified atom stereocenters. The fourth-order valence-electron chi connectivity index (χ4n) is 2.75. The van der Waals surface area contributed by atoms with Crippen molar-refractivity contribution in [3.63, 3.8) is 0 Å². The monoisotopic (exact) mass is 293 g/mol. The molecule has 110 valence electrons. The minimum Gasteiger partial charge on any atom is -0.309 e. The Hall–Kier alpha value is -0.930. The van der Waals surface area contributed by atoms with Gasteiger partial charge in [-0.15, -0.1) is 11.3 Å². The highest BCUT2D eigenvalue weighted by molar-refractivity contribution is 7.19. The van der Waals surface area contributed by atoms with Gasteiger partial charge in [-0.2, -0.15) is 0 Å². The Labute approximate surface area is 125 Å². The zero-order valence-electron chi connectivity index (χ0n) is 12.6. The van der Waals surface area contributed by atoms with E-state index in [1.165, 1.54) is 22.4 Å². The number of hydrogen-bond donors (Lipinski definition) is 1. The van der Waals surface area contributed by atoms with E-state index in [4.69, 9.17) is 0 Å². The Kier molecular flexibility index (Phi) is 5.55. The lowest BCUT2D eigenvalue weighted by Gasteiger charge is -2.25. The van der Waals surface area contributed by atoms with Crippen molar-refractivity contribution in [2.75, 3.05) is 6.54 Å². The predicted molar refractivity (Wildman–Crippen MR) is 86.9 cm³/mol. The van der Waals surface area contributed by atoms with E-state index in [9.17, 15) is 4.39 Å². The third kappa shape index (κ3) is 3.39. The van der Waals surface area contributed by atoms with Gasteiger partial charge in [0.05, 0.1) is 0 Å². The van der Waals surface area contributed by atoms with Gasteiger partial charge < -0.3 is 5.32 Å². The van der Waals surface area contributed by atoms with Crippen LogP contribution in [0, 0.1) is 11.7 Å². The maximum absolute atomic E-state index is 13.3. The second kappa shape index (κ2) is 7.19. The highest BCUT2D eigenvalue weighted by atomic mass is 32.1. The molecule has 0 aliphatic carbocycles. The van der Waals surface area contributed by atoms with Gasteiger partial charge in [0, 0.05) is 15.6 Å². The van der Waals surface area contributed by atoms with E-state index < -0.39 is 0 Å². The van der Waals surface area contributed by atoms with E-state index in [1.807, 2.05) is 6.07 Å². The highest BCUT2D eigenvalue weighted by Gasteiger charge is 2.21. The van der Waals surface area contributed by atoms with Crippen molar-refractivity contribution in [2.45, 2.75) is 46.1 Å². The van der Waals surface area contributed by atoms with Crippen LogP contribution < -0.4 is 5.32 Å². The van der Waals surface area contributed by atoms with Crippen molar-refractivity contribution in [2.24, 2.45) is 5.92 Å². The Balaban J connectivity index is 2.33. The Morgan fingerprint density at radius 1 is 1.15 bits per heavy atom. The zero-order valence-corrected chi connectivity index (χ0v) is 13.4. The molecule has 1 heterocycles. The molecule has 0 amide bonds. The molecule has 20 heavy (non-hydrogen) atoms. The van der Waals surface area contributed by atoms with Crippen molar-refractivity contribution in [3.8, 4) is 0 Å². The molecule has 1 nitrogen and oxygen atoms in total. The number of rotatable bonds is 7. The maximum atomic E-state index is 13.3. The third-order valence-electron chi connectivity index (χ3n) is 3.94. The summed E-state index contributed by atoms with van der Waals surface area (Å²) in [5.41, 5.74) is 0. The van der Waals surface area contributed by atoms with E-state index >= 15 is 0 Å². The summed E-state index contributed by atoms with van der Waals surface area (Å²) in [5, 5.41) is 4.71. The second-order valence-corrected chi connectivity index (χ2v) is 6.45. The molecule has 0 saturated heterocycles. The van der Waals surface area contributed by atoms with Crippen LogP contribution in [0.25, 0.3) is 10.1 Å². The first-order valence-electron chi connectivity index (χ1n) is 7.61. The summed E-state index contributed by atoms with van der Waals surface area (Å²) in [6, 6.07) is 7.63. The third-order valence-corrected chi connectivity index (χ3v) is 5.14. The average Bonchev–Trinajstić information content (AvgIpc) is 2.86. The first-order chi connectivity index (χ1) is 9.69. The van der Waals surface area contributed by atoms with E-state index in [0.29, 0.717) is 12.0 Å². The van der Waals surface area contributed by atoms with Crippen LogP contribution in [0.5, 0.6) is 0 Å². The van der Waals surface area contributed by atoms with Gasteiger partial charge in [0.15, 0.2) is 0 Å². The minimum absolute atomic E-state index is 0.151. The van der Waals surface area contributed by atoms with Crippen molar-refractivity contribution in [1.82, 2.24) is 5.32 Å². The quantitative estimate of drug-likeness (QED) is 0.709. The van der Waals surface area contributed by atoms with Gasteiger partial charge in [0.2, 0.25) is 0 Å². The number of thiophene rings is 1. The summed E-state index contributed by atoms with van der Waals surface area (Å²) in [6.07, 6.45) is 3.47. The van der Waals surface area contributed by atoms with Gasteiger partial charge in [0.1, 0.15) is 5.82 Å². The summed E-state index contributed by atoms with van der Waals surface area (Å²) >= 11 is 1.79. The average molecular weight is 293 g/mol. The lowest BCUT2D eigenvalue weighted by molar-refractivity contribution is 0.346. The minimum atomic E-state index is -0.151. The van der Waals surface area contributed by atoms with Crippen LogP contribution in [0.4, 0.5) is 4.39 Å². The Bertz CT molecular complexity index is 545. The summed E-state index contributed by atoms with van der Waals surface area (Å²) in [4.78, 5) is 1.34. The molecule has 1 N–H and O–H groups in total. The fourth-order valence-corrected chi connectivity index (χ4v) is 3.96. The van der Waals surface area contributed by atoms with Crippen LogP contribution in [0.2, 0.25) is 0 Å². The molecule has 1 aromatic carbocycles. The second-order valence-electron chi connectivity index (χ2n) is 5.34. The van der Waals surface area contributed by atoms with Crippen LogP contribution >= 0.6 is 11.3 Å². The summed E-state index contributed by atoms with van der Waals surface area (Å²) in [6.45, 7) is 7.73. The standard InChI is InChI=1S/C17H24FNS/c1-4-9-19-17(12(5-2)6-3)16-11-13-10-14(18)7-8-15(13)20-16/h7-8,10-12,17,19H,4-6,9H2,1-3H3. The first kappa shape index (κ1) is 15.5. The van der Waals surface area contributed by atoms with Crippen molar-refractivity contribution < 1.29 is 4.39 Å². The van der Waals surface area contributed by atoms with E-state index in [-0.39, 0.29) is 5.82 Å². The van der Waals surface area contributed by atoms with Gasteiger partial charge in [-0.05, 0) is 48.5 Å². The molecule has 0 bridgehead atoms. The molecule has 0 aliphatic heterocycles. The Morgan fingerprint density at radius 3 is 2.55 bits per heavy atom. The van der Waals surface area contributed by atoms with Crippen molar-refractivity contribution in [3.05, 3.63) is 35.0 Å². The molecular weight excluding hydrogens is 269 g/mol. The molecular formula is C17H24FNS. The lowest BCUT2D eigenvalue weighted by Crippen LogP contribution is -2.27. The van der Waals surface area contributed by atoms with Gasteiger partial charge in [-0.3, -0.25) is 0 Å². The molecule has 0 fully saturated rings. The summed E-state index contributed by atoms with van der Waals surface area (Å²) in [7, 11) is 0. The molecule has 2 rings (SSSR count). The van der Waals surface area contributed by atoms with E-state index in [2.05, 4.69) is 32.2 Å². The van der Waals surface area contributed by atoms with Gasteiger partial charge >= 0.3 is 0 Å². The SMILES string of the molecule is CCCNC(c1cc2cc(F)ccc2s1)C(CC)CC. The van der Waals surface area contributed by atoms with E-state index in [1.54, 1.807) is 23.5 Å². The van der Waals surface area contributed by atoms with Gasteiger partial charge in [-0.1, -0.05) is 33.6 Å². The first-order valence-corrected chi connectivity index (χ1v) is 8.43. The molecule has 0 aliphatic rings. The lowest BCUT2D eigenvalue weighted by atomic mass is 9.92. The van der Waals surface area contributed by atoms with E-state index in [0.717, 1.165) is 18.4 Å². The fraction of sp³-hybridized carbons (Fsp3) is 0.529. The molecule has 2 aromatic rings. The van der Waals surface area contributed by atoms with Gasteiger partial charge in [-0.25, -0.2) is 4.39 Å². The largest absolute Gasteiger partial charge is 0.309 e. The predicted octanol–water partition coefficient (Wildman–Crippen LogP) is 5.52. The molecule has 3 heteroatoms. The smallest absolute Gasteiger partial charge is 0.123 e. The van der Waals surface area contributed by atoms with Crippen LogP contribution in [-0.2, 0) is 0 Å². The molecule has 0 saturated carbocycles. The summed E-state index contributed by atoms with van der Waals surface area (Å²) in [5.74, 6) is 0.488. The zero-order chi connectivity index (χ0) is 14.5. The summed E-state index contributed by atoms with van der Waals surface area (Å²) < 4.78 is 14.5. The number of halogens is 1. The topological polar surface area (TPSA) is 12.0 Å². The van der Waals surface area contributed by atoms with Crippen LogP contribution in [0.3, 0.4) is 0 Å².